The van der Waals surface area contributed by atoms with Crippen LogP contribution < -0.4 is 0 Å². The van der Waals surface area contributed by atoms with E-state index in [1.54, 1.807) is 0 Å². The van der Waals surface area contributed by atoms with Crippen molar-refractivity contribution >= 4 is 11.9 Å². The standard InChI is InChI=1S/C55H100O5/c1-3-5-7-9-11-13-15-17-19-21-23-24-25-26-27-28-29-30-32-34-36-38-40-42-44-46-48-50-55(58)60-53(51-56)52-59-54(57)49-47-45-43-41-39-37-35-33-31-22-20-18-16-14-12-10-8-6-4-2/h12,14-15,17-18,20-21,23,53,56H,3-11,13,16,19,22,24-52H2,1-2H3/b14-12-,17-15-,20-18-,23-21-. The van der Waals surface area contributed by atoms with Crippen molar-refractivity contribution in [2.75, 3.05) is 13.2 Å². The van der Waals surface area contributed by atoms with E-state index < -0.39 is 6.10 Å². The van der Waals surface area contributed by atoms with Gasteiger partial charge in [0, 0.05) is 12.8 Å². The summed E-state index contributed by atoms with van der Waals surface area (Å²) in [5, 5.41) is 9.63. The minimum atomic E-state index is -0.774. The van der Waals surface area contributed by atoms with Crippen molar-refractivity contribution in [3.63, 3.8) is 0 Å². The van der Waals surface area contributed by atoms with Crippen molar-refractivity contribution in [1.82, 2.24) is 0 Å². The maximum absolute atomic E-state index is 12.3. The van der Waals surface area contributed by atoms with Crippen LogP contribution in [0.3, 0.4) is 0 Å². The molecule has 0 rings (SSSR count). The Balaban J connectivity index is 3.47. The molecule has 0 aliphatic carbocycles. The Labute approximate surface area is 373 Å². The maximum Gasteiger partial charge on any atom is 0.306 e. The van der Waals surface area contributed by atoms with Gasteiger partial charge in [-0.15, -0.1) is 0 Å². The third-order valence-electron chi connectivity index (χ3n) is 11.6. The number of unbranched alkanes of at least 4 members (excludes halogenated alkanes) is 32. The van der Waals surface area contributed by atoms with Crippen molar-refractivity contribution in [2.24, 2.45) is 0 Å². The first-order valence-corrected chi connectivity index (χ1v) is 26.2. The molecule has 1 N–H and O–H groups in total. The highest BCUT2D eigenvalue weighted by Gasteiger charge is 2.16. The van der Waals surface area contributed by atoms with Gasteiger partial charge in [-0.05, 0) is 77.0 Å². The van der Waals surface area contributed by atoms with Crippen LogP contribution in [0, 0.1) is 0 Å². The fourth-order valence-corrected chi connectivity index (χ4v) is 7.62. The molecule has 0 spiro atoms. The maximum atomic E-state index is 12.3. The molecule has 0 bridgehead atoms. The van der Waals surface area contributed by atoms with Crippen LogP contribution in [0.2, 0.25) is 0 Å². The summed E-state index contributed by atoms with van der Waals surface area (Å²) in [7, 11) is 0. The average molecular weight is 841 g/mol. The number of rotatable bonds is 48. The lowest BCUT2D eigenvalue weighted by molar-refractivity contribution is -0.161. The van der Waals surface area contributed by atoms with E-state index in [1.165, 1.54) is 193 Å². The second kappa shape index (κ2) is 51.2. The van der Waals surface area contributed by atoms with Gasteiger partial charge in [-0.1, -0.05) is 229 Å². The summed E-state index contributed by atoms with van der Waals surface area (Å²) in [4.78, 5) is 24.5. The number of ether oxygens (including phenoxy) is 2. The van der Waals surface area contributed by atoms with Crippen LogP contribution in [0.25, 0.3) is 0 Å². The molecule has 0 aliphatic heterocycles. The Hall–Kier alpha value is -2.14. The zero-order valence-electron chi connectivity index (χ0n) is 40.0. The van der Waals surface area contributed by atoms with Crippen molar-refractivity contribution in [3.8, 4) is 0 Å². The number of aliphatic hydroxyl groups is 1. The number of esters is 2. The van der Waals surface area contributed by atoms with Gasteiger partial charge in [-0.2, -0.15) is 0 Å². The summed E-state index contributed by atoms with van der Waals surface area (Å²) in [5.74, 6) is -0.586. The van der Waals surface area contributed by atoms with E-state index in [0.717, 1.165) is 51.4 Å². The predicted octanol–water partition coefficient (Wildman–Crippen LogP) is 17.3. The zero-order chi connectivity index (χ0) is 43.5. The van der Waals surface area contributed by atoms with E-state index in [9.17, 15) is 14.7 Å². The van der Waals surface area contributed by atoms with E-state index in [1.807, 2.05) is 0 Å². The number of hydrogen-bond donors (Lipinski definition) is 1. The number of allylic oxidation sites excluding steroid dienone is 8. The van der Waals surface area contributed by atoms with Gasteiger partial charge in [0.25, 0.3) is 0 Å². The van der Waals surface area contributed by atoms with Gasteiger partial charge in [0.1, 0.15) is 6.61 Å². The number of hydrogen-bond acceptors (Lipinski definition) is 5. The smallest absolute Gasteiger partial charge is 0.306 e. The number of carbonyl (C=O) groups excluding carboxylic acids is 2. The van der Waals surface area contributed by atoms with Gasteiger partial charge >= 0.3 is 11.9 Å². The van der Waals surface area contributed by atoms with E-state index in [2.05, 4.69) is 62.5 Å². The van der Waals surface area contributed by atoms with E-state index in [-0.39, 0.29) is 25.2 Å². The summed E-state index contributed by atoms with van der Waals surface area (Å²) in [6.45, 7) is 4.13. The second-order valence-corrected chi connectivity index (χ2v) is 17.6. The lowest BCUT2D eigenvalue weighted by atomic mass is 10.0. The average Bonchev–Trinajstić information content (AvgIpc) is 3.25. The van der Waals surface area contributed by atoms with Gasteiger partial charge in [0.05, 0.1) is 6.61 Å². The summed E-state index contributed by atoms with van der Waals surface area (Å²) in [6.07, 6.45) is 66.4. The third-order valence-corrected chi connectivity index (χ3v) is 11.6. The molecular formula is C55H100O5. The Bertz CT molecular complexity index is 997. The minimum absolute atomic E-state index is 0.0664. The molecule has 1 atom stereocenters. The van der Waals surface area contributed by atoms with E-state index in [4.69, 9.17) is 9.47 Å². The summed E-state index contributed by atoms with van der Waals surface area (Å²) in [6, 6.07) is 0. The highest BCUT2D eigenvalue weighted by atomic mass is 16.6. The van der Waals surface area contributed by atoms with Crippen LogP contribution in [0.1, 0.15) is 271 Å². The molecule has 0 fully saturated rings. The molecule has 5 nitrogen and oxygen atoms in total. The highest BCUT2D eigenvalue weighted by molar-refractivity contribution is 5.70. The first-order chi connectivity index (χ1) is 29.6. The fourth-order valence-electron chi connectivity index (χ4n) is 7.62. The van der Waals surface area contributed by atoms with Gasteiger partial charge in [-0.3, -0.25) is 9.59 Å². The molecule has 0 aromatic heterocycles. The lowest BCUT2D eigenvalue weighted by Gasteiger charge is -2.15. The van der Waals surface area contributed by atoms with Crippen LogP contribution in [0.15, 0.2) is 48.6 Å². The molecule has 350 valence electrons. The Morgan fingerprint density at radius 1 is 0.383 bits per heavy atom. The van der Waals surface area contributed by atoms with Gasteiger partial charge in [-0.25, -0.2) is 0 Å². The van der Waals surface area contributed by atoms with Gasteiger partial charge in [0.15, 0.2) is 6.10 Å². The molecule has 0 aromatic carbocycles. The quantitative estimate of drug-likeness (QED) is 0.0375. The molecule has 0 saturated carbocycles. The van der Waals surface area contributed by atoms with Crippen molar-refractivity contribution in [1.29, 1.82) is 0 Å². The number of carbonyl (C=O) groups is 2. The zero-order valence-corrected chi connectivity index (χ0v) is 40.0. The van der Waals surface area contributed by atoms with E-state index in [0.29, 0.717) is 12.8 Å². The largest absolute Gasteiger partial charge is 0.462 e. The first-order valence-electron chi connectivity index (χ1n) is 26.2. The molecule has 0 aliphatic rings. The van der Waals surface area contributed by atoms with Crippen molar-refractivity contribution in [3.05, 3.63) is 48.6 Å². The van der Waals surface area contributed by atoms with Gasteiger partial charge in [0.2, 0.25) is 0 Å². The molecule has 5 heteroatoms. The predicted molar refractivity (Wildman–Crippen MR) is 261 cm³/mol. The number of aliphatic hydroxyl groups excluding tert-OH is 1. The van der Waals surface area contributed by atoms with Crippen LogP contribution in [-0.2, 0) is 19.1 Å². The van der Waals surface area contributed by atoms with Crippen LogP contribution in [0.4, 0.5) is 0 Å². The Kier molecular flexibility index (Phi) is 49.4. The molecular weight excluding hydrogens is 741 g/mol. The summed E-state index contributed by atoms with van der Waals surface area (Å²) >= 11 is 0. The highest BCUT2D eigenvalue weighted by Crippen LogP contribution is 2.16. The third kappa shape index (κ3) is 48.5. The Morgan fingerprint density at radius 3 is 1.02 bits per heavy atom. The molecule has 0 heterocycles. The molecule has 0 amide bonds. The molecule has 0 saturated heterocycles. The fraction of sp³-hybridized carbons (Fsp3) is 0.818. The van der Waals surface area contributed by atoms with E-state index >= 15 is 0 Å². The second-order valence-electron chi connectivity index (χ2n) is 17.6. The van der Waals surface area contributed by atoms with Gasteiger partial charge < -0.3 is 14.6 Å². The SMILES string of the molecule is CCCCC/C=C\C/C=C\CCCCCCCCCCCC(=O)OCC(CO)OC(=O)CCCCCCCCCCCCCCCCC/C=C\C/C=C\CCCCCCC. The van der Waals surface area contributed by atoms with Crippen LogP contribution in [0.5, 0.6) is 0 Å². The van der Waals surface area contributed by atoms with Crippen molar-refractivity contribution < 1.29 is 24.2 Å². The normalized spacial score (nSPS) is 12.5. The van der Waals surface area contributed by atoms with Crippen LogP contribution in [-0.4, -0.2) is 36.4 Å². The first kappa shape index (κ1) is 57.9. The summed E-state index contributed by atoms with van der Waals surface area (Å²) < 4.78 is 10.7. The Morgan fingerprint density at radius 2 is 0.667 bits per heavy atom. The molecule has 0 radical (unpaired) electrons. The molecule has 1 unspecified atom stereocenters. The molecule has 0 aromatic rings. The lowest BCUT2D eigenvalue weighted by Crippen LogP contribution is -2.28. The van der Waals surface area contributed by atoms with Crippen LogP contribution >= 0.6 is 0 Å². The monoisotopic (exact) mass is 841 g/mol. The molecule has 60 heavy (non-hydrogen) atoms. The summed E-state index contributed by atoms with van der Waals surface area (Å²) in [5.41, 5.74) is 0. The minimum Gasteiger partial charge on any atom is -0.462 e. The topological polar surface area (TPSA) is 72.8 Å². The van der Waals surface area contributed by atoms with Crippen molar-refractivity contribution in [2.45, 2.75) is 277 Å².